The number of nitrogens with zero attached hydrogens (tertiary/aromatic N) is 1. The second-order valence-corrected chi connectivity index (χ2v) is 3.92. The Morgan fingerprint density at radius 2 is 2.29 bits per heavy atom. The lowest BCUT2D eigenvalue weighted by atomic mass is 10.0. The summed E-state index contributed by atoms with van der Waals surface area (Å²) in [4.78, 5) is 15.8. The molecule has 1 rings (SSSR count). The Bertz CT molecular complexity index is 304. The van der Waals surface area contributed by atoms with Gasteiger partial charge in [-0.25, -0.2) is 0 Å². The Labute approximate surface area is 83.5 Å². The number of H-pyrrole nitrogens is 1. The van der Waals surface area contributed by atoms with E-state index in [4.69, 9.17) is 5.11 Å². The fraction of sp³-hybridized carbons (Fsp3) is 0.500. The Hall–Kier alpha value is -1.29. The van der Waals surface area contributed by atoms with Gasteiger partial charge in [-0.05, 0) is 33.0 Å². The zero-order valence-electron chi connectivity index (χ0n) is 8.74. The summed E-state index contributed by atoms with van der Waals surface area (Å²) in [7, 11) is 1.80. The van der Waals surface area contributed by atoms with Crippen molar-refractivity contribution in [3.05, 3.63) is 24.0 Å². The number of rotatable bonds is 4. The molecule has 0 radical (unpaired) electrons. The van der Waals surface area contributed by atoms with Gasteiger partial charge in [-0.1, -0.05) is 0 Å². The van der Waals surface area contributed by atoms with Crippen LogP contribution >= 0.6 is 0 Å². The number of nitrogens with one attached hydrogen (secondary N) is 1. The van der Waals surface area contributed by atoms with Crippen molar-refractivity contribution in [3.8, 4) is 0 Å². The van der Waals surface area contributed by atoms with Crippen LogP contribution in [0, 0.1) is 0 Å². The van der Waals surface area contributed by atoms with Crippen LogP contribution < -0.4 is 0 Å². The summed E-state index contributed by atoms with van der Waals surface area (Å²) in [6.45, 7) is 3.99. The molecular formula is C10H16N2O2. The van der Waals surface area contributed by atoms with E-state index in [0.29, 0.717) is 6.54 Å². The number of aromatic amines is 1. The van der Waals surface area contributed by atoms with Gasteiger partial charge in [0.15, 0.2) is 0 Å². The molecule has 0 aliphatic rings. The van der Waals surface area contributed by atoms with E-state index in [1.807, 2.05) is 18.3 Å². The first-order valence-corrected chi connectivity index (χ1v) is 4.51. The molecule has 0 aromatic carbocycles. The molecule has 0 aliphatic heterocycles. The summed E-state index contributed by atoms with van der Waals surface area (Å²) in [6, 6.07) is 3.84. The van der Waals surface area contributed by atoms with Crippen LogP contribution in [0.15, 0.2) is 18.3 Å². The minimum absolute atomic E-state index is 0.603. The van der Waals surface area contributed by atoms with Gasteiger partial charge in [-0.15, -0.1) is 0 Å². The molecular weight excluding hydrogens is 180 g/mol. The monoisotopic (exact) mass is 196 g/mol. The molecule has 0 fully saturated rings. The molecule has 14 heavy (non-hydrogen) atoms. The molecule has 0 amide bonds. The lowest BCUT2D eigenvalue weighted by molar-refractivity contribution is -0.148. The maximum absolute atomic E-state index is 10.9. The molecule has 0 spiro atoms. The minimum Gasteiger partial charge on any atom is -0.480 e. The van der Waals surface area contributed by atoms with Crippen LogP contribution in [0.2, 0.25) is 0 Å². The van der Waals surface area contributed by atoms with Crippen molar-refractivity contribution >= 4 is 5.97 Å². The Morgan fingerprint density at radius 3 is 2.71 bits per heavy atom. The van der Waals surface area contributed by atoms with Crippen molar-refractivity contribution < 1.29 is 9.90 Å². The van der Waals surface area contributed by atoms with Crippen molar-refractivity contribution in [1.82, 2.24) is 9.88 Å². The van der Waals surface area contributed by atoms with Crippen LogP contribution in [-0.2, 0) is 11.3 Å². The number of aromatic nitrogens is 1. The van der Waals surface area contributed by atoms with Crippen molar-refractivity contribution in [2.24, 2.45) is 0 Å². The summed E-state index contributed by atoms with van der Waals surface area (Å²) in [5.74, 6) is -0.813. The highest BCUT2D eigenvalue weighted by atomic mass is 16.4. The van der Waals surface area contributed by atoms with Gasteiger partial charge in [-0.2, -0.15) is 0 Å². The Kier molecular flexibility index (Phi) is 2.96. The van der Waals surface area contributed by atoms with Gasteiger partial charge < -0.3 is 10.1 Å². The van der Waals surface area contributed by atoms with Gasteiger partial charge >= 0.3 is 5.97 Å². The summed E-state index contributed by atoms with van der Waals surface area (Å²) >= 11 is 0. The SMILES string of the molecule is CN(Cc1ccc[nH]1)C(C)(C)C(=O)O. The van der Waals surface area contributed by atoms with E-state index in [1.165, 1.54) is 0 Å². The Balaban J connectivity index is 2.67. The second kappa shape index (κ2) is 3.84. The summed E-state index contributed by atoms with van der Waals surface area (Å²) < 4.78 is 0. The van der Waals surface area contributed by atoms with E-state index in [-0.39, 0.29) is 0 Å². The third kappa shape index (κ3) is 2.14. The van der Waals surface area contributed by atoms with Crippen molar-refractivity contribution in [2.75, 3.05) is 7.05 Å². The molecule has 0 saturated carbocycles. The molecule has 0 unspecified atom stereocenters. The third-order valence-electron chi connectivity index (χ3n) is 2.55. The predicted molar refractivity (Wildman–Crippen MR) is 54.0 cm³/mol. The van der Waals surface area contributed by atoms with E-state index in [9.17, 15) is 4.79 Å². The molecule has 0 aliphatic carbocycles. The second-order valence-electron chi connectivity index (χ2n) is 3.92. The quantitative estimate of drug-likeness (QED) is 0.763. The normalized spacial score (nSPS) is 12.0. The minimum atomic E-state index is -0.842. The third-order valence-corrected chi connectivity index (χ3v) is 2.55. The summed E-state index contributed by atoms with van der Waals surface area (Å²) in [5.41, 5.74) is 0.173. The van der Waals surface area contributed by atoms with Crippen LogP contribution in [0.25, 0.3) is 0 Å². The molecule has 2 N–H and O–H groups in total. The highest BCUT2D eigenvalue weighted by molar-refractivity contribution is 5.77. The Morgan fingerprint density at radius 1 is 1.64 bits per heavy atom. The van der Waals surface area contributed by atoms with Gasteiger partial charge in [0.1, 0.15) is 5.54 Å². The molecule has 78 valence electrons. The lowest BCUT2D eigenvalue weighted by Crippen LogP contribution is -2.47. The molecule has 0 bridgehead atoms. The van der Waals surface area contributed by atoms with Gasteiger partial charge in [0, 0.05) is 18.4 Å². The fourth-order valence-electron chi connectivity index (χ4n) is 1.08. The zero-order chi connectivity index (χ0) is 10.8. The van der Waals surface area contributed by atoms with E-state index in [1.54, 1.807) is 25.8 Å². The largest absolute Gasteiger partial charge is 0.480 e. The van der Waals surface area contributed by atoms with E-state index in [0.717, 1.165) is 5.69 Å². The van der Waals surface area contributed by atoms with E-state index in [2.05, 4.69) is 4.98 Å². The zero-order valence-corrected chi connectivity index (χ0v) is 8.74. The van der Waals surface area contributed by atoms with Gasteiger partial charge in [0.25, 0.3) is 0 Å². The van der Waals surface area contributed by atoms with Crippen molar-refractivity contribution in [2.45, 2.75) is 25.9 Å². The first kappa shape index (κ1) is 10.8. The smallest absolute Gasteiger partial charge is 0.323 e. The first-order chi connectivity index (χ1) is 6.44. The number of aliphatic carboxylic acids is 1. The average molecular weight is 196 g/mol. The number of hydrogen-bond donors (Lipinski definition) is 2. The fourth-order valence-corrected chi connectivity index (χ4v) is 1.08. The molecule has 0 saturated heterocycles. The first-order valence-electron chi connectivity index (χ1n) is 4.51. The van der Waals surface area contributed by atoms with E-state index >= 15 is 0 Å². The van der Waals surface area contributed by atoms with Crippen molar-refractivity contribution in [3.63, 3.8) is 0 Å². The van der Waals surface area contributed by atoms with Crippen LogP contribution in [-0.4, -0.2) is 33.5 Å². The highest BCUT2D eigenvalue weighted by Gasteiger charge is 2.31. The molecule has 0 atom stereocenters. The standard InChI is InChI=1S/C10H16N2O2/c1-10(2,9(13)14)12(3)7-8-5-4-6-11-8/h4-6,11H,7H2,1-3H3,(H,13,14). The summed E-state index contributed by atoms with van der Waals surface area (Å²) in [6.07, 6.45) is 1.83. The van der Waals surface area contributed by atoms with Gasteiger partial charge in [0.05, 0.1) is 0 Å². The number of carboxylic acid groups (broad SMARTS) is 1. The van der Waals surface area contributed by atoms with Crippen LogP contribution in [0.1, 0.15) is 19.5 Å². The molecule has 4 nitrogen and oxygen atoms in total. The van der Waals surface area contributed by atoms with Gasteiger partial charge in [0.2, 0.25) is 0 Å². The maximum Gasteiger partial charge on any atom is 0.323 e. The number of hydrogen-bond acceptors (Lipinski definition) is 2. The summed E-state index contributed by atoms with van der Waals surface area (Å²) in [5, 5.41) is 8.99. The lowest BCUT2D eigenvalue weighted by Gasteiger charge is -2.30. The number of likely N-dealkylation sites (N-methyl/N-ethyl adjacent to an activating group) is 1. The average Bonchev–Trinajstić information content (AvgIpc) is 2.56. The molecule has 4 heteroatoms. The number of carboxylic acids is 1. The van der Waals surface area contributed by atoms with Gasteiger partial charge in [-0.3, -0.25) is 9.69 Å². The van der Waals surface area contributed by atoms with Crippen LogP contribution in [0.5, 0.6) is 0 Å². The topological polar surface area (TPSA) is 56.3 Å². The van der Waals surface area contributed by atoms with Crippen LogP contribution in [0.4, 0.5) is 0 Å². The molecule has 1 aromatic heterocycles. The predicted octanol–water partition coefficient (Wildman–Crippen LogP) is 1.31. The number of carbonyl (C=O) groups is 1. The highest BCUT2D eigenvalue weighted by Crippen LogP contribution is 2.15. The molecule has 1 heterocycles. The van der Waals surface area contributed by atoms with E-state index < -0.39 is 11.5 Å². The maximum atomic E-state index is 10.9. The molecule has 1 aromatic rings. The van der Waals surface area contributed by atoms with Crippen LogP contribution in [0.3, 0.4) is 0 Å². The van der Waals surface area contributed by atoms with Crippen molar-refractivity contribution in [1.29, 1.82) is 0 Å².